The number of para-hydroxylation sites is 2. The summed E-state index contributed by atoms with van der Waals surface area (Å²) >= 11 is 0. The van der Waals surface area contributed by atoms with Gasteiger partial charge in [0.25, 0.3) is 0 Å². The van der Waals surface area contributed by atoms with Crippen molar-refractivity contribution in [2.24, 2.45) is 10.9 Å². The Morgan fingerprint density at radius 2 is 1.89 bits per heavy atom. The molecule has 0 aliphatic heterocycles. The van der Waals surface area contributed by atoms with Crippen molar-refractivity contribution < 1.29 is 4.74 Å². The standard InChI is InChI=1S/C23H29N3O/c1-4-5-15-26-22-9-7-6-8-21(22)25-23(26)24-17-19-10-12-20(13-11-19)27-16-14-18(2)3/h6-13,17-18H,4-5,14-16H2,1-3H3. The van der Waals surface area contributed by atoms with Gasteiger partial charge in [0.15, 0.2) is 0 Å². The number of ether oxygens (including phenoxy) is 1. The van der Waals surface area contributed by atoms with Crippen LogP contribution in [0.4, 0.5) is 5.95 Å². The monoisotopic (exact) mass is 363 g/mol. The number of fused-ring (bicyclic) bond motifs is 1. The van der Waals surface area contributed by atoms with Gasteiger partial charge in [-0.2, -0.15) is 0 Å². The Balaban J connectivity index is 1.73. The van der Waals surface area contributed by atoms with E-state index in [9.17, 15) is 0 Å². The minimum absolute atomic E-state index is 0.656. The maximum atomic E-state index is 5.78. The lowest BCUT2D eigenvalue weighted by molar-refractivity contribution is 0.289. The number of rotatable bonds is 9. The molecule has 0 unspecified atom stereocenters. The van der Waals surface area contributed by atoms with E-state index < -0.39 is 0 Å². The van der Waals surface area contributed by atoms with Crippen LogP contribution < -0.4 is 4.74 Å². The van der Waals surface area contributed by atoms with Gasteiger partial charge in [-0.3, -0.25) is 0 Å². The fourth-order valence-electron chi connectivity index (χ4n) is 2.89. The van der Waals surface area contributed by atoms with E-state index in [2.05, 4.69) is 42.5 Å². The Hall–Kier alpha value is -2.62. The third-order valence-electron chi connectivity index (χ3n) is 4.54. The Morgan fingerprint density at radius 1 is 1.11 bits per heavy atom. The second kappa shape index (κ2) is 9.36. The average molecular weight is 364 g/mol. The van der Waals surface area contributed by atoms with Crippen molar-refractivity contribution in [1.29, 1.82) is 0 Å². The van der Waals surface area contributed by atoms with E-state index in [1.54, 1.807) is 0 Å². The van der Waals surface area contributed by atoms with Gasteiger partial charge in [-0.05, 0) is 60.7 Å². The molecule has 3 aromatic rings. The first-order chi connectivity index (χ1) is 13.2. The molecule has 0 spiro atoms. The molecular weight excluding hydrogens is 334 g/mol. The number of hydrogen-bond donors (Lipinski definition) is 0. The molecule has 0 bridgehead atoms. The molecule has 142 valence electrons. The largest absolute Gasteiger partial charge is 0.494 e. The van der Waals surface area contributed by atoms with Crippen LogP contribution in [0.5, 0.6) is 5.75 Å². The number of aromatic nitrogens is 2. The van der Waals surface area contributed by atoms with E-state index in [0.29, 0.717) is 5.92 Å². The molecule has 0 saturated carbocycles. The predicted molar refractivity (Wildman–Crippen MR) is 113 cm³/mol. The summed E-state index contributed by atoms with van der Waals surface area (Å²) in [5.74, 6) is 2.33. The minimum atomic E-state index is 0.656. The van der Waals surface area contributed by atoms with Gasteiger partial charge < -0.3 is 9.30 Å². The molecule has 0 amide bonds. The van der Waals surface area contributed by atoms with Gasteiger partial charge in [0.05, 0.1) is 17.6 Å². The van der Waals surface area contributed by atoms with Crippen molar-refractivity contribution in [3.63, 3.8) is 0 Å². The average Bonchev–Trinajstić information content (AvgIpc) is 3.03. The highest BCUT2D eigenvalue weighted by atomic mass is 16.5. The highest BCUT2D eigenvalue weighted by Gasteiger charge is 2.08. The Morgan fingerprint density at radius 3 is 2.63 bits per heavy atom. The summed E-state index contributed by atoms with van der Waals surface area (Å²) in [6.45, 7) is 8.30. The lowest BCUT2D eigenvalue weighted by Gasteiger charge is -2.08. The summed E-state index contributed by atoms with van der Waals surface area (Å²) in [6, 6.07) is 16.3. The number of nitrogens with zero attached hydrogens (tertiary/aromatic N) is 3. The van der Waals surface area contributed by atoms with Crippen LogP contribution in [0.3, 0.4) is 0 Å². The van der Waals surface area contributed by atoms with Crippen molar-refractivity contribution in [2.75, 3.05) is 6.61 Å². The van der Waals surface area contributed by atoms with Crippen molar-refractivity contribution >= 4 is 23.2 Å². The van der Waals surface area contributed by atoms with Crippen molar-refractivity contribution in [2.45, 2.75) is 46.6 Å². The van der Waals surface area contributed by atoms with Gasteiger partial charge >= 0.3 is 0 Å². The van der Waals surface area contributed by atoms with Gasteiger partial charge in [0, 0.05) is 12.8 Å². The molecule has 0 aliphatic carbocycles. The lowest BCUT2D eigenvalue weighted by Crippen LogP contribution is -2.01. The number of aryl methyl sites for hydroxylation is 1. The quantitative estimate of drug-likeness (QED) is 0.437. The van der Waals surface area contributed by atoms with Crippen molar-refractivity contribution in [3.8, 4) is 5.75 Å². The van der Waals surface area contributed by atoms with Gasteiger partial charge in [-0.25, -0.2) is 9.98 Å². The topological polar surface area (TPSA) is 39.4 Å². The van der Waals surface area contributed by atoms with Crippen molar-refractivity contribution in [1.82, 2.24) is 9.55 Å². The van der Waals surface area contributed by atoms with Crippen LogP contribution >= 0.6 is 0 Å². The van der Waals surface area contributed by atoms with Gasteiger partial charge in [-0.15, -0.1) is 0 Å². The summed E-state index contributed by atoms with van der Waals surface area (Å²) < 4.78 is 7.98. The van der Waals surface area contributed by atoms with Crippen LogP contribution in [0.15, 0.2) is 53.5 Å². The smallest absolute Gasteiger partial charge is 0.230 e. The van der Waals surface area contributed by atoms with Crippen LogP contribution in [0, 0.1) is 5.92 Å². The Labute approximate surface area is 161 Å². The molecule has 0 saturated heterocycles. The maximum Gasteiger partial charge on any atom is 0.230 e. The summed E-state index contributed by atoms with van der Waals surface area (Å²) in [6.07, 6.45) is 5.21. The van der Waals surface area contributed by atoms with Crippen LogP contribution in [0.2, 0.25) is 0 Å². The van der Waals surface area contributed by atoms with E-state index >= 15 is 0 Å². The van der Waals surface area contributed by atoms with Crippen LogP contribution in [0.1, 0.15) is 45.6 Å². The Kier molecular flexibility index (Phi) is 6.64. The molecule has 4 nitrogen and oxygen atoms in total. The SMILES string of the molecule is CCCCn1c(N=Cc2ccc(OCCC(C)C)cc2)nc2ccccc21. The summed E-state index contributed by atoms with van der Waals surface area (Å²) in [7, 11) is 0. The molecule has 2 aromatic carbocycles. The molecule has 0 aliphatic rings. The Bertz CT molecular complexity index is 878. The third-order valence-corrected chi connectivity index (χ3v) is 4.54. The predicted octanol–water partition coefficient (Wildman–Crippen LogP) is 6.01. The zero-order valence-corrected chi connectivity index (χ0v) is 16.6. The van der Waals surface area contributed by atoms with Crippen LogP contribution in [-0.2, 0) is 6.54 Å². The zero-order valence-electron chi connectivity index (χ0n) is 16.6. The van der Waals surface area contributed by atoms with Crippen LogP contribution in [0.25, 0.3) is 11.0 Å². The molecule has 4 heteroatoms. The van der Waals surface area contributed by atoms with E-state index in [-0.39, 0.29) is 0 Å². The molecule has 3 rings (SSSR count). The van der Waals surface area contributed by atoms with Crippen molar-refractivity contribution in [3.05, 3.63) is 54.1 Å². The fraction of sp³-hybridized carbons (Fsp3) is 0.391. The highest BCUT2D eigenvalue weighted by Crippen LogP contribution is 2.22. The first kappa shape index (κ1) is 19.2. The number of benzene rings is 2. The summed E-state index contributed by atoms with van der Waals surface area (Å²) in [4.78, 5) is 9.36. The second-order valence-corrected chi connectivity index (χ2v) is 7.26. The number of unbranched alkanes of at least 4 members (excludes halogenated alkanes) is 1. The molecule has 1 heterocycles. The minimum Gasteiger partial charge on any atom is -0.494 e. The maximum absolute atomic E-state index is 5.78. The van der Waals surface area contributed by atoms with E-state index in [4.69, 9.17) is 9.72 Å². The molecule has 27 heavy (non-hydrogen) atoms. The summed E-state index contributed by atoms with van der Waals surface area (Å²) in [5, 5.41) is 0. The third kappa shape index (κ3) is 5.19. The number of aliphatic imine (C=N–C) groups is 1. The molecule has 0 fully saturated rings. The molecule has 0 atom stereocenters. The molecular formula is C23H29N3O. The lowest BCUT2D eigenvalue weighted by atomic mass is 10.1. The molecule has 1 aromatic heterocycles. The second-order valence-electron chi connectivity index (χ2n) is 7.26. The number of imidazole rings is 1. The molecule has 0 radical (unpaired) electrons. The van der Waals surface area contributed by atoms with Gasteiger partial charge in [0.1, 0.15) is 5.75 Å². The van der Waals surface area contributed by atoms with Gasteiger partial charge in [-0.1, -0.05) is 39.3 Å². The summed E-state index contributed by atoms with van der Waals surface area (Å²) in [5.41, 5.74) is 3.18. The number of hydrogen-bond acceptors (Lipinski definition) is 3. The van der Waals surface area contributed by atoms with Gasteiger partial charge in [0.2, 0.25) is 5.95 Å². The fourth-order valence-corrected chi connectivity index (χ4v) is 2.89. The van der Waals surface area contributed by atoms with Crippen LogP contribution in [-0.4, -0.2) is 22.4 Å². The van der Waals surface area contributed by atoms with E-state index in [1.165, 1.54) is 0 Å². The first-order valence-corrected chi connectivity index (χ1v) is 9.89. The van der Waals surface area contributed by atoms with E-state index in [1.807, 2.05) is 42.6 Å². The normalized spacial score (nSPS) is 11.7. The zero-order chi connectivity index (χ0) is 19.1. The molecule has 0 N–H and O–H groups in total. The van der Waals surface area contributed by atoms with E-state index in [0.717, 1.165) is 60.7 Å². The first-order valence-electron chi connectivity index (χ1n) is 9.89. The highest BCUT2D eigenvalue weighted by molar-refractivity contribution is 5.83.